The number of morpholine rings is 1. The molecule has 0 aromatic rings. The van der Waals surface area contributed by atoms with Crippen molar-refractivity contribution in [1.82, 2.24) is 4.90 Å². The number of hydrogen-bond acceptors (Lipinski definition) is 2. The van der Waals surface area contributed by atoms with Gasteiger partial charge in [0.05, 0.1) is 12.2 Å². The van der Waals surface area contributed by atoms with E-state index in [0.717, 1.165) is 32.0 Å². The lowest BCUT2D eigenvalue weighted by Gasteiger charge is -2.38. The molecule has 1 heterocycles. The third-order valence-corrected chi connectivity index (χ3v) is 2.88. The van der Waals surface area contributed by atoms with Crippen molar-refractivity contribution >= 4 is 11.6 Å². The Balaban J connectivity index is 2.12. The summed E-state index contributed by atoms with van der Waals surface area (Å²) in [5, 5.41) is 0. The van der Waals surface area contributed by atoms with Gasteiger partial charge in [-0.2, -0.15) is 0 Å². The molecule has 0 aromatic heterocycles. The van der Waals surface area contributed by atoms with E-state index in [9.17, 15) is 0 Å². The van der Waals surface area contributed by atoms with Crippen molar-refractivity contribution in [3.63, 3.8) is 0 Å². The van der Waals surface area contributed by atoms with E-state index in [1.807, 2.05) is 0 Å². The van der Waals surface area contributed by atoms with Crippen LogP contribution in [0.1, 0.15) is 33.1 Å². The van der Waals surface area contributed by atoms with Crippen LogP contribution in [0.15, 0.2) is 0 Å². The molecule has 0 saturated carbocycles. The van der Waals surface area contributed by atoms with Gasteiger partial charge < -0.3 is 4.74 Å². The van der Waals surface area contributed by atoms with Crippen LogP contribution < -0.4 is 0 Å². The van der Waals surface area contributed by atoms with Crippen molar-refractivity contribution in [2.45, 2.75) is 38.7 Å². The van der Waals surface area contributed by atoms with Crippen molar-refractivity contribution in [3.05, 3.63) is 0 Å². The first-order valence-corrected chi connectivity index (χ1v) is 6.10. The van der Waals surface area contributed by atoms with Gasteiger partial charge in [-0.05, 0) is 33.2 Å². The summed E-state index contributed by atoms with van der Waals surface area (Å²) < 4.78 is 5.66. The Labute approximate surface area is 92.6 Å². The zero-order chi connectivity index (χ0) is 10.4. The topological polar surface area (TPSA) is 12.5 Å². The molecule has 1 fully saturated rings. The summed E-state index contributed by atoms with van der Waals surface area (Å²) in [6, 6.07) is 0. The molecule has 1 aliphatic heterocycles. The number of rotatable bonds is 5. The van der Waals surface area contributed by atoms with E-state index in [-0.39, 0.29) is 5.60 Å². The average molecular weight is 220 g/mol. The quantitative estimate of drug-likeness (QED) is 0.521. The van der Waals surface area contributed by atoms with Crippen molar-refractivity contribution in [1.29, 1.82) is 0 Å². The Morgan fingerprint density at radius 2 is 2.07 bits per heavy atom. The smallest absolute Gasteiger partial charge is 0.0753 e. The maximum Gasteiger partial charge on any atom is 0.0753 e. The van der Waals surface area contributed by atoms with Gasteiger partial charge >= 0.3 is 0 Å². The van der Waals surface area contributed by atoms with Crippen LogP contribution in [0.2, 0.25) is 0 Å². The summed E-state index contributed by atoms with van der Waals surface area (Å²) in [6.45, 7) is 8.56. The molecule has 0 spiro atoms. The summed E-state index contributed by atoms with van der Waals surface area (Å²) in [4.78, 5) is 2.50. The molecule has 14 heavy (non-hydrogen) atoms. The highest BCUT2D eigenvalue weighted by Gasteiger charge is 2.26. The molecule has 0 aliphatic carbocycles. The number of halogens is 1. The molecular weight excluding hydrogens is 198 g/mol. The summed E-state index contributed by atoms with van der Waals surface area (Å²) >= 11 is 5.63. The fraction of sp³-hybridized carbons (Fsp3) is 1.00. The Kier molecular flexibility index (Phi) is 5.21. The molecule has 0 unspecified atom stereocenters. The minimum atomic E-state index is 0.0464. The molecular formula is C11H22ClNO. The standard InChI is InChI=1S/C11H22ClNO/c1-11(2)10-13(8-9-14-11)7-5-3-4-6-12/h3-10H2,1-2H3. The average Bonchev–Trinajstić information content (AvgIpc) is 2.11. The lowest BCUT2D eigenvalue weighted by molar-refractivity contribution is -0.0860. The Bertz CT molecular complexity index is 161. The second kappa shape index (κ2) is 5.94. The van der Waals surface area contributed by atoms with E-state index in [1.165, 1.54) is 19.4 Å². The molecule has 84 valence electrons. The van der Waals surface area contributed by atoms with Gasteiger partial charge in [0.1, 0.15) is 0 Å². The lowest BCUT2D eigenvalue weighted by Crippen LogP contribution is -2.48. The first-order chi connectivity index (χ1) is 6.64. The van der Waals surface area contributed by atoms with Crippen LogP contribution >= 0.6 is 11.6 Å². The number of ether oxygens (including phenoxy) is 1. The highest BCUT2D eigenvalue weighted by atomic mass is 35.5. The van der Waals surface area contributed by atoms with Gasteiger partial charge in [0, 0.05) is 19.0 Å². The van der Waals surface area contributed by atoms with Gasteiger partial charge in [-0.25, -0.2) is 0 Å². The molecule has 0 bridgehead atoms. The number of alkyl halides is 1. The first-order valence-electron chi connectivity index (χ1n) is 5.56. The fourth-order valence-electron chi connectivity index (χ4n) is 1.91. The van der Waals surface area contributed by atoms with E-state index < -0.39 is 0 Å². The molecule has 1 rings (SSSR count). The van der Waals surface area contributed by atoms with E-state index in [1.54, 1.807) is 0 Å². The second-order valence-electron chi connectivity index (χ2n) is 4.63. The normalized spacial score (nSPS) is 22.5. The van der Waals surface area contributed by atoms with Crippen molar-refractivity contribution < 1.29 is 4.74 Å². The predicted molar refractivity (Wildman–Crippen MR) is 61.0 cm³/mol. The molecule has 0 radical (unpaired) electrons. The third-order valence-electron chi connectivity index (χ3n) is 2.61. The molecule has 1 saturated heterocycles. The van der Waals surface area contributed by atoms with Gasteiger partial charge in [-0.3, -0.25) is 4.90 Å². The molecule has 3 heteroatoms. The van der Waals surface area contributed by atoms with Gasteiger partial charge in [0.25, 0.3) is 0 Å². The minimum absolute atomic E-state index is 0.0464. The maximum absolute atomic E-state index is 5.66. The van der Waals surface area contributed by atoms with Crippen LogP contribution in [0.4, 0.5) is 0 Å². The van der Waals surface area contributed by atoms with Gasteiger partial charge in [0.15, 0.2) is 0 Å². The molecule has 0 amide bonds. The summed E-state index contributed by atoms with van der Waals surface area (Å²) in [5.74, 6) is 0.800. The van der Waals surface area contributed by atoms with Crippen LogP contribution in [0, 0.1) is 0 Å². The van der Waals surface area contributed by atoms with Crippen LogP contribution in [-0.2, 0) is 4.74 Å². The van der Waals surface area contributed by atoms with E-state index in [2.05, 4.69) is 18.7 Å². The van der Waals surface area contributed by atoms with Crippen molar-refractivity contribution in [3.8, 4) is 0 Å². The highest BCUT2D eigenvalue weighted by Crippen LogP contribution is 2.16. The fourth-order valence-corrected chi connectivity index (χ4v) is 2.10. The van der Waals surface area contributed by atoms with Gasteiger partial charge in [-0.1, -0.05) is 6.42 Å². The van der Waals surface area contributed by atoms with E-state index in [4.69, 9.17) is 16.3 Å². The maximum atomic E-state index is 5.66. The highest BCUT2D eigenvalue weighted by molar-refractivity contribution is 6.17. The monoisotopic (exact) mass is 219 g/mol. The molecule has 1 aliphatic rings. The van der Waals surface area contributed by atoms with Crippen LogP contribution in [0.25, 0.3) is 0 Å². The van der Waals surface area contributed by atoms with Gasteiger partial charge in [-0.15, -0.1) is 11.6 Å². The second-order valence-corrected chi connectivity index (χ2v) is 5.01. The van der Waals surface area contributed by atoms with E-state index >= 15 is 0 Å². The largest absolute Gasteiger partial charge is 0.373 e. The van der Waals surface area contributed by atoms with Crippen LogP contribution in [0.5, 0.6) is 0 Å². The summed E-state index contributed by atoms with van der Waals surface area (Å²) in [7, 11) is 0. The Hall–Kier alpha value is 0.210. The van der Waals surface area contributed by atoms with Gasteiger partial charge in [0.2, 0.25) is 0 Å². The Morgan fingerprint density at radius 3 is 2.71 bits per heavy atom. The number of hydrogen-bond donors (Lipinski definition) is 0. The van der Waals surface area contributed by atoms with Crippen molar-refractivity contribution in [2.75, 3.05) is 32.1 Å². The van der Waals surface area contributed by atoms with Crippen LogP contribution in [-0.4, -0.2) is 42.6 Å². The number of unbranched alkanes of at least 4 members (excludes halogenated alkanes) is 2. The lowest BCUT2D eigenvalue weighted by atomic mass is 10.1. The zero-order valence-electron chi connectivity index (χ0n) is 9.39. The predicted octanol–water partition coefficient (Wildman–Crippen LogP) is 2.51. The first kappa shape index (κ1) is 12.3. The molecule has 0 N–H and O–H groups in total. The zero-order valence-corrected chi connectivity index (χ0v) is 10.1. The minimum Gasteiger partial charge on any atom is -0.373 e. The van der Waals surface area contributed by atoms with E-state index in [0.29, 0.717) is 0 Å². The molecule has 0 atom stereocenters. The SMILES string of the molecule is CC1(C)CN(CCCCCCl)CCO1. The van der Waals surface area contributed by atoms with Crippen molar-refractivity contribution in [2.24, 2.45) is 0 Å². The molecule has 0 aromatic carbocycles. The van der Waals surface area contributed by atoms with Crippen LogP contribution in [0.3, 0.4) is 0 Å². The third kappa shape index (κ3) is 4.63. The number of nitrogens with zero attached hydrogens (tertiary/aromatic N) is 1. The summed E-state index contributed by atoms with van der Waals surface area (Å²) in [5.41, 5.74) is 0.0464. The Morgan fingerprint density at radius 1 is 1.29 bits per heavy atom. The molecule has 2 nitrogen and oxygen atoms in total. The summed E-state index contributed by atoms with van der Waals surface area (Å²) in [6.07, 6.45) is 3.67.